The van der Waals surface area contributed by atoms with E-state index in [2.05, 4.69) is 20.9 Å². The van der Waals surface area contributed by atoms with Crippen molar-refractivity contribution in [1.82, 2.24) is 9.38 Å². The van der Waals surface area contributed by atoms with E-state index in [-0.39, 0.29) is 0 Å². The van der Waals surface area contributed by atoms with E-state index in [1.807, 2.05) is 29.7 Å². The molecule has 0 fully saturated rings. The second-order valence-electron chi connectivity index (χ2n) is 2.66. The number of fused-ring (bicyclic) bond motifs is 1. The zero-order chi connectivity index (χ0) is 8.72. The number of aromatic nitrogens is 2. The quantitative estimate of drug-likeness (QED) is 0.746. The third-order valence-electron chi connectivity index (χ3n) is 1.80. The van der Waals surface area contributed by atoms with E-state index in [1.165, 1.54) is 0 Å². The van der Waals surface area contributed by atoms with Crippen molar-refractivity contribution in [2.24, 2.45) is 0 Å². The van der Waals surface area contributed by atoms with Crippen LogP contribution in [0.25, 0.3) is 5.65 Å². The van der Waals surface area contributed by atoms with Gasteiger partial charge in [-0.3, -0.25) is 4.40 Å². The van der Waals surface area contributed by atoms with Gasteiger partial charge in [-0.15, -0.1) is 0 Å². The lowest BCUT2D eigenvalue weighted by molar-refractivity contribution is 1.18. The summed E-state index contributed by atoms with van der Waals surface area (Å²) in [4.78, 5) is 4.27. The van der Waals surface area contributed by atoms with Gasteiger partial charge < -0.3 is 5.73 Å². The molecule has 0 saturated carbocycles. The molecule has 2 aromatic heterocycles. The second kappa shape index (κ2) is 2.48. The third kappa shape index (κ3) is 0.992. The van der Waals surface area contributed by atoms with Crippen molar-refractivity contribution in [3.05, 3.63) is 28.5 Å². The number of imidazole rings is 1. The number of anilines is 1. The van der Waals surface area contributed by atoms with Crippen molar-refractivity contribution in [2.75, 3.05) is 5.73 Å². The summed E-state index contributed by atoms with van der Waals surface area (Å²) in [6.07, 6.45) is 1.91. The van der Waals surface area contributed by atoms with Gasteiger partial charge in [-0.05, 0) is 35.0 Å². The molecule has 2 rings (SSSR count). The Labute approximate surface area is 78.3 Å². The number of aryl methyl sites for hydroxylation is 1. The fourth-order valence-electron chi connectivity index (χ4n) is 1.15. The van der Waals surface area contributed by atoms with Crippen LogP contribution in [0.1, 0.15) is 5.69 Å². The van der Waals surface area contributed by atoms with Gasteiger partial charge in [-0.25, -0.2) is 4.98 Å². The summed E-state index contributed by atoms with van der Waals surface area (Å²) in [5.74, 6) is 0.700. The molecule has 12 heavy (non-hydrogen) atoms. The maximum atomic E-state index is 5.79. The van der Waals surface area contributed by atoms with Crippen LogP contribution in [0.4, 0.5) is 5.82 Å². The number of hydrogen-bond donors (Lipinski definition) is 1. The average molecular weight is 226 g/mol. The molecule has 0 saturated heterocycles. The number of nitrogen functional groups attached to an aromatic ring is 1. The molecule has 3 nitrogen and oxygen atoms in total. The Morgan fingerprint density at radius 2 is 2.25 bits per heavy atom. The lowest BCUT2D eigenvalue weighted by Gasteiger charge is -1.95. The van der Waals surface area contributed by atoms with Crippen LogP contribution in [0, 0.1) is 6.92 Å². The summed E-state index contributed by atoms with van der Waals surface area (Å²) in [7, 11) is 0. The normalized spacial score (nSPS) is 10.8. The first kappa shape index (κ1) is 7.61. The summed E-state index contributed by atoms with van der Waals surface area (Å²) in [5.41, 5.74) is 7.54. The summed E-state index contributed by atoms with van der Waals surface area (Å²) >= 11 is 3.37. The fraction of sp³-hybridized carbons (Fsp3) is 0.125. The molecular formula is C8H8BrN3. The lowest BCUT2D eigenvalue weighted by Crippen LogP contribution is -1.93. The van der Waals surface area contributed by atoms with E-state index in [9.17, 15) is 0 Å². The molecule has 0 spiro atoms. The number of hydrogen-bond acceptors (Lipinski definition) is 2. The number of nitrogens with two attached hydrogens (primary N) is 1. The first-order chi connectivity index (χ1) is 5.68. The van der Waals surface area contributed by atoms with Crippen molar-refractivity contribution in [3.8, 4) is 0 Å². The van der Waals surface area contributed by atoms with Crippen LogP contribution in [0.2, 0.25) is 0 Å². The van der Waals surface area contributed by atoms with Gasteiger partial charge in [0.1, 0.15) is 11.5 Å². The molecular weight excluding hydrogens is 218 g/mol. The first-order valence-corrected chi connectivity index (χ1v) is 4.37. The number of pyridine rings is 1. The Morgan fingerprint density at radius 1 is 1.50 bits per heavy atom. The van der Waals surface area contributed by atoms with Gasteiger partial charge in [0.2, 0.25) is 0 Å². The van der Waals surface area contributed by atoms with Gasteiger partial charge in [-0.2, -0.15) is 0 Å². The first-order valence-electron chi connectivity index (χ1n) is 3.58. The Morgan fingerprint density at radius 3 is 3.00 bits per heavy atom. The molecule has 0 aliphatic rings. The minimum Gasteiger partial charge on any atom is -0.383 e. The fourth-order valence-corrected chi connectivity index (χ4v) is 1.49. The van der Waals surface area contributed by atoms with Crippen LogP contribution in [0.15, 0.2) is 22.8 Å². The smallest absolute Gasteiger partial charge is 0.138 e. The second-order valence-corrected chi connectivity index (χ2v) is 3.57. The van der Waals surface area contributed by atoms with Gasteiger partial charge in [0.05, 0.1) is 5.69 Å². The van der Waals surface area contributed by atoms with Crippen molar-refractivity contribution < 1.29 is 0 Å². The van der Waals surface area contributed by atoms with Gasteiger partial charge >= 0.3 is 0 Å². The molecule has 2 aromatic rings. The Kier molecular flexibility index (Phi) is 1.58. The van der Waals surface area contributed by atoms with Crippen molar-refractivity contribution in [2.45, 2.75) is 6.92 Å². The molecule has 62 valence electrons. The Balaban J connectivity index is 2.88. The zero-order valence-corrected chi connectivity index (χ0v) is 8.17. The largest absolute Gasteiger partial charge is 0.383 e. The Bertz CT molecular complexity index is 433. The highest BCUT2D eigenvalue weighted by Crippen LogP contribution is 2.17. The number of nitrogens with zero attached hydrogens (tertiary/aromatic N) is 2. The number of halogens is 1. The molecule has 0 radical (unpaired) electrons. The molecule has 0 unspecified atom stereocenters. The monoisotopic (exact) mass is 225 g/mol. The van der Waals surface area contributed by atoms with Crippen molar-refractivity contribution >= 4 is 27.4 Å². The van der Waals surface area contributed by atoms with Crippen LogP contribution in [0.3, 0.4) is 0 Å². The maximum absolute atomic E-state index is 5.79. The van der Waals surface area contributed by atoms with E-state index in [4.69, 9.17) is 5.73 Å². The molecule has 4 heteroatoms. The molecule has 0 aliphatic carbocycles. The molecule has 0 aliphatic heterocycles. The SMILES string of the molecule is Cc1nc2ccc(Br)cn2c1N. The minimum absolute atomic E-state index is 0.700. The van der Waals surface area contributed by atoms with E-state index in [1.54, 1.807) is 0 Å². The van der Waals surface area contributed by atoms with E-state index in [0.29, 0.717) is 5.82 Å². The standard InChI is InChI=1S/C8H8BrN3/c1-5-8(10)12-4-6(9)2-3-7(12)11-5/h2-4H,10H2,1H3. The average Bonchev–Trinajstić information content (AvgIpc) is 2.31. The molecule has 2 heterocycles. The summed E-state index contributed by atoms with van der Waals surface area (Å²) in [6, 6.07) is 3.87. The highest BCUT2D eigenvalue weighted by Gasteiger charge is 2.03. The Hall–Kier alpha value is -1.03. The van der Waals surface area contributed by atoms with E-state index < -0.39 is 0 Å². The van der Waals surface area contributed by atoms with Crippen molar-refractivity contribution in [1.29, 1.82) is 0 Å². The van der Waals surface area contributed by atoms with E-state index in [0.717, 1.165) is 15.8 Å². The van der Waals surface area contributed by atoms with Crippen LogP contribution in [-0.4, -0.2) is 9.38 Å². The van der Waals surface area contributed by atoms with Crippen LogP contribution < -0.4 is 5.73 Å². The lowest BCUT2D eigenvalue weighted by atomic mass is 10.5. The minimum atomic E-state index is 0.700. The van der Waals surface area contributed by atoms with Crippen LogP contribution >= 0.6 is 15.9 Å². The predicted molar refractivity (Wildman–Crippen MR) is 52.0 cm³/mol. The predicted octanol–water partition coefficient (Wildman–Crippen LogP) is 1.99. The van der Waals surface area contributed by atoms with Crippen LogP contribution in [0.5, 0.6) is 0 Å². The molecule has 0 aromatic carbocycles. The molecule has 0 amide bonds. The molecule has 0 bridgehead atoms. The van der Waals surface area contributed by atoms with Crippen molar-refractivity contribution in [3.63, 3.8) is 0 Å². The molecule has 2 N–H and O–H groups in total. The highest BCUT2D eigenvalue weighted by atomic mass is 79.9. The summed E-state index contributed by atoms with van der Waals surface area (Å²) < 4.78 is 2.86. The summed E-state index contributed by atoms with van der Waals surface area (Å²) in [6.45, 7) is 1.90. The summed E-state index contributed by atoms with van der Waals surface area (Å²) in [5, 5.41) is 0. The van der Waals surface area contributed by atoms with Gasteiger partial charge in [0.15, 0.2) is 0 Å². The topological polar surface area (TPSA) is 43.3 Å². The van der Waals surface area contributed by atoms with Gasteiger partial charge in [0, 0.05) is 10.7 Å². The van der Waals surface area contributed by atoms with Crippen LogP contribution in [-0.2, 0) is 0 Å². The van der Waals surface area contributed by atoms with Gasteiger partial charge in [-0.1, -0.05) is 0 Å². The van der Waals surface area contributed by atoms with E-state index >= 15 is 0 Å². The third-order valence-corrected chi connectivity index (χ3v) is 2.27. The zero-order valence-electron chi connectivity index (χ0n) is 6.58. The highest BCUT2D eigenvalue weighted by molar-refractivity contribution is 9.10. The number of rotatable bonds is 0. The molecule has 0 atom stereocenters. The van der Waals surface area contributed by atoms with Gasteiger partial charge in [0.25, 0.3) is 0 Å². The maximum Gasteiger partial charge on any atom is 0.138 e.